The average molecular weight is 646 g/mol. The lowest BCUT2D eigenvalue weighted by Crippen LogP contribution is -1.93. The molecule has 0 amide bonds. The Bertz CT molecular complexity index is 3130. The van der Waals surface area contributed by atoms with Crippen molar-refractivity contribution < 1.29 is 0 Å². The van der Waals surface area contributed by atoms with Crippen LogP contribution in [0.2, 0.25) is 0 Å². The molecule has 0 saturated carbocycles. The van der Waals surface area contributed by atoms with Crippen LogP contribution in [0, 0.1) is 0 Å². The lowest BCUT2D eigenvalue weighted by atomic mass is 9.85. The molecule has 0 unspecified atom stereocenters. The van der Waals surface area contributed by atoms with E-state index in [-0.39, 0.29) is 0 Å². The molecule has 1 nitrogen and oxygen atoms in total. The van der Waals surface area contributed by atoms with E-state index in [9.17, 15) is 0 Å². The van der Waals surface area contributed by atoms with Gasteiger partial charge < -0.3 is 4.57 Å². The van der Waals surface area contributed by atoms with Gasteiger partial charge in [-0.05, 0) is 113 Å². The van der Waals surface area contributed by atoms with Crippen LogP contribution >= 0.6 is 0 Å². The second-order valence-electron chi connectivity index (χ2n) is 13.6. The number of aromatic nitrogens is 1. The Labute approximate surface area is 295 Å². The third-order valence-corrected chi connectivity index (χ3v) is 10.9. The van der Waals surface area contributed by atoms with E-state index in [2.05, 4.69) is 193 Å². The Kier molecular flexibility index (Phi) is 6.02. The fourth-order valence-electron chi connectivity index (χ4n) is 8.73. The molecule has 1 aromatic heterocycles. The van der Waals surface area contributed by atoms with Crippen LogP contribution in [0.25, 0.3) is 104 Å². The van der Waals surface area contributed by atoms with Crippen LogP contribution in [0.4, 0.5) is 0 Å². The third kappa shape index (κ3) is 4.16. The molecule has 1 heterocycles. The maximum Gasteiger partial charge on any atom is 0.0547 e. The van der Waals surface area contributed by atoms with Gasteiger partial charge in [0.15, 0.2) is 0 Å². The van der Waals surface area contributed by atoms with E-state index >= 15 is 0 Å². The van der Waals surface area contributed by atoms with E-state index < -0.39 is 0 Å². The maximum atomic E-state index is 2.40. The largest absolute Gasteiger partial charge is 0.309 e. The smallest absolute Gasteiger partial charge is 0.0547 e. The van der Waals surface area contributed by atoms with Gasteiger partial charge in [0.1, 0.15) is 0 Å². The second kappa shape index (κ2) is 10.9. The molecule has 0 bridgehead atoms. The number of rotatable bonds is 3. The van der Waals surface area contributed by atoms with Gasteiger partial charge in [0.25, 0.3) is 0 Å². The predicted molar refractivity (Wildman–Crippen MR) is 219 cm³/mol. The highest BCUT2D eigenvalue weighted by Crippen LogP contribution is 2.46. The Morgan fingerprint density at radius 3 is 1.41 bits per heavy atom. The number of fused-ring (bicyclic) bond motifs is 10. The summed E-state index contributed by atoms with van der Waals surface area (Å²) in [6.45, 7) is 0. The molecule has 0 saturated heterocycles. The summed E-state index contributed by atoms with van der Waals surface area (Å²) in [5, 5.41) is 15.3. The van der Waals surface area contributed by atoms with Gasteiger partial charge in [0.2, 0.25) is 0 Å². The average Bonchev–Trinajstić information content (AvgIpc) is 3.54. The summed E-state index contributed by atoms with van der Waals surface area (Å²) in [6, 6.07) is 69.3. The molecule has 0 N–H and O–H groups in total. The minimum atomic E-state index is 1.18. The van der Waals surface area contributed by atoms with Gasteiger partial charge in [-0.3, -0.25) is 0 Å². The molecule has 11 rings (SSSR count). The molecule has 51 heavy (non-hydrogen) atoms. The second-order valence-corrected chi connectivity index (χ2v) is 13.6. The van der Waals surface area contributed by atoms with Gasteiger partial charge >= 0.3 is 0 Å². The highest BCUT2D eigenvalue weighted by molar-refractivity contribution is 6.24. The molecule has 0 spiro atoms. The molecule has 0 atom stereocenters. The fourth-order valence-corrected chi connectivity index (χ4v) is 8.73. The van der Waals surface area contributed by atoms with Gasteiger partial charge in [-0.25, -0.2) is 0 Å². The first-order valence-corrected chi connectivity index (χ1v) is 17.7. The number of nitrogens with zero attached hydrogens (tertiary/aromatic N) is 1. The Balaban J connectivity index is 1.16. The van der Waals surface area contributed by atoms with Crippen molar-refractivity contribution in [3.8, 4) is 27.9 Å². The van der Waals surface area contributed by atoms with Crippen molar-refractivity contribution in [2.75, 3.05) is 0 Å². The fraction of sp³-hybridized carbons (Fsp3) is 0. The first-order valence-electron chi connectivity index (χ1n) is 17.7. The summed E-state index contributed by atoms with van der Waals surface area (Å²) < 4.78 is 2.40. The highest BCUT2D eigenvalue weighted by atomic mass is 15.0. The molecule has 0 radical (unpaired) electrons. The molecular formula is C50H31N. The monoisotopic (exact) mass is 645 g/mol. The first kappa shape index (κ1) is 28.2. The summed E-state index contributed by atoms with van der Waals surface area (Å²) in [5.41, 5.74) is 8.68. The summed E-state index contributed by atoms with van der Waals surface area (Å²) in [4.78, 5) is 0. The van der Waals surface area contributed by atoms with Crippen LogP contribution in [0.1, 0.15) is 0 Å². The van der Waals surface area contributed by atoms with Crippen molar-refractivity contribution >= 4 is 75.7 Å². The van der Waals surface area contributed by atoms with Crippen LogP contribution in [0.15, 0.2) is 188 Å². The van der Waals surface area contributed by atoms with E-state index in [1.54, 1.807) is 0 Å². The number of hydrogen-bond acceptors (Lipinski definition) is 0. The van der Waals surface area contributed by atoms with Gasteiger partial charge in [-0.15, -0.1) is 0 Å². The molecule has 1 heteroatoms. The number of para-hydroxylation sites is 2. The molecule has 0 fully saturated rings. The molecule has 11 aromatic rings. The Morgan fingerprint density at radius 1 is 0.275 bits per heavy atom. The van der Waals surface area contributed by atoms with E-state index in [0.29, 0.717) is 0 Å². The van der Waals surface area contributed by atoms with Gasteiger partial charge in [0, 0.05) is 16.5 Å². The number of benzene rings is 10. The van der Waals surface area contributed by atoms with E-state index in [4.69, 9.17) is 0 Å². The summed E-state index contributed by atoms with van der Waals surface area (Å²) >= 11 is 0. The third-order valence-electron chi connectivity index (χ3n) is 10.9. The van der Waals surface area contributed by atoms with E-state index in [1.807, 2.05) is 0 Å². The molecule has 0 aliphatic carbocycles. The minimum absolute atomic E-state index is 1.18. The van der Waals surface area contributed by atoms with Crippen molar-refractivity contribution in [1.82, 2.24) is 4.57 Å². The zero-order valence-corrected chi connectivity index (χ0v) is 27.8. The quantitative estimate of drug-likeness (QED) is 0.133. The van der Waals surface area contributed by atoms with Gasteiger partial charge in [-0.1, -0.05) is 152 Å². The Hall–Kier alpha value is -6.70. The molecule has 236 valence electrons. The SMILES string of the molecule is c1ccc(-n2c3ccccc3c3c4ccc(-c5c6ccccc6c(-c6ccc7c(ccc8ccccc87)c6)c6ccccc56)cc4ccc32)cc1. The lowest BCUT2D eigenvalue weighted by Gasteiger charge is -2.18. The highest BCUT2D eigenvalue weighted by Gasteiger charge is 2.19. The van der Waals surface area contributed by atoms with Crippen molar-refractivity contribution in [1.29, 1.82) is 0 Å². The maximum absolute atomic E-state index is 2.40. The summed E-state index contributed by atoms with van der Waals surface area (Å²) in [6.07, 6.45) is 0. The molecule has 0 aliphatic heterocycles. The number of hydrogen-bond donors (Lipinski definition) is 0. The summed E-state index contributed by atoms with van der Waals surface area (Å²) in [5.74, 6) is 0. The molecule has 10 aromatic carbocycles. The van der Waals surface area contributed by atoms with Crippen LogP contribution in [0.3, 0.4) is 0 Å². The van der Waals surface area contributed by atoms with Crippen molar-refractivity contribution in [2.24, 2.45) is 0 Å². The van der Waals surface area contributed by atoms with E-state index in [1.165, 1.54) is 104 Å². The minimum Gasteiger partial charge on any atom is -0.309 e. The van der Waals surface area contributed by atoms with Crippen LogP contribution in [-0.2, 0) is 0 Å². The zero-order chi connectivity index (χ0) is 33.5. The standard InChI is InChI=1S/C50H31N/c1-2-13-37(14-3-1)51-46-21-11-10-20-45(46)50-40-28-25-36(31-34(40)26-29-47(50)51)49-43-18-8-6-16-41(43)48(42-17-7-9-19-44(42)49)35-24-27-39-33(30-35)23-22-32-12-4-5-15-38(32)39/h1-31H. The topological polar surface area (TPSA) is 4.93 Å². The molecular weight excluding hydrogens is 615 g/mol. The lowest BCUT2D eigenvalue weighted by molar-refractivity contribution is 1.18. The Morgan fingerprint density at radius 2 is 0.745 bits per heavy atom. The normalized spacial score (nSPS) is 11.9. The summed E-state index contributed by atoms with van der Waals surface area (Å²) in [7, 11) is 0. The van der Waals surface area contributed by atoms with Crippen LogP contribution < -0.4 is 0 Å². The van der Waals surface area contributed by atoms with Gasteiger partial charge in [0.05, 0.1) is 11.0 Å². The van der Waals surface area contributed by atoms with Crippen molar-refractivity contribution in [2.45, 2.75) is 0 Å². The zero-order valence-electron chi connectivity index (χ0n) is 27.8. The first-order chi connectivity index (χ1) is 25.3. The van der Waals surface area contributed by atoms with E-state index in [0.717, 1.165) is 0 Å². The van der Waals surface area contributed by atoms with Crippen molar-refractivity contribution in [3.63, 3.8) is 0 Å². The predicted octanol–water partition coefficient (Wildman–Crippen LogP) is 13.9. The molecule has 0 aliphatic rings. The van der Waals surface area contributed by atoms with Crippen molar-refractivity contribution in [3.05, 3.63) is 188 Å². The van der Waals surface area contributed by atoms with Crippen LogP contribution in [0.5, 0.6) is 0 Å². The van der Waals surface area contributed by atoms with Crippen LogP contribution in [-0.4, -0.2) is 4.57 Å². The van der Waals surface area contributed by atoms with Gasteiger partial charge in [-0.2, -0.15) is 0 Å².